The normalized spacial score (nSPS) is 14.8. The van der Waals surface area contributed by atoms with Gasteiger partial charge < -0.3 is 9.47 Å². The highest BCUT2D eigenvalue weighted by Gasteiger charge is 2.38. The van der Waals surface area contributed by atoms with Crippen molar-refractivity contribution in [3.05, 3.63) is 93.3 Å². The van der Waals surface area contributed by atoms with E-state index in [1.165, 1.54) is 37.5 Å². The summed E-state index contributed by atoms with van der Waals surface area (Å²) in [5, 5.41) is 2.25. The van der Waals surface area contributed by atoms with Crippen LogP contribution >= 0.6 is 11.6 Å². The molecule has 1 saturated heterocycles. The Hall–Kier alpha value is -4.17. The van der Waals surface area contributed by atoms with E-state index in [0.717, 1.165) is 22.8 Å². The van der Waals surface area contributed by atoms with Crippen molar-refractivity contribution in [2.24, 2.45) is 0 Å². The molecule has 1 heterocycles. The van der Waals surface area contributed by atoms with Crippen LogP contribution in [-0.2, 0) is 16.2 Å². The van der Waals surface area contributed by atoms with Crippen LogP contribution in [0.1, 0.15) is 22.3 Å². The maximum absolute atomic E-state index is 14.3. The van der Waals surface area contributed by atoms with Crippen LogP contribution in [-0.4, -0.2) is 25.0 Å². The molecule has 1 N–H and O–H groups in total. The lowest BCUT2D eigenvalue weighted by Crippen LogP contribution is -2.54. The molecule has 0 atom stereocenters. The molecule has 3 aromatic rings. The van der Waals surface area contributed by atoms with E-state index in [4.69, 9.17) is 21.1 Å². The van der Waals surface area contributed by atoms with Crippen LogP contribution < -0.4 is 19.7 Å². The second kappa shape index (κ2) is 10.2. The first-order valence-electron chi connectivity index (χ1n) is 10.9. The predicted octanol–water partition coefficient (Wildman–Crippen LogP) is 5.35. The summed E-state index contributed by atoms with van der Waals surface area (Å²) < 4.78 is 25.6. The molecule has 0 radical (unpaired) electrons. The van der Waals surface area contributed by atoms with E-state index in [1.54, 1.807) is 6.07 Å². The lowest BCUT2D eigenvalue weighted by molar-refractivity contribution is -0.122. The van der Waals surface area contributed by atoms with E-state index in [2.05, 4.69) is 11.4 Å². The van der Waals surface area contributed by atoms with Crippen molar-refractivity contribution in [1.82, 2.24) is 5.32 Å². The van der Waals surface area contributed by atoms with Crippen molar-refractivity contribution >= 4 is 41.2 Å². The SMILES string of the molecule is COc1cc(/C=C2/C(=O)NC(=O)N(c3ccccc3F)C2=O)cc(Cl)c1OCc1cc(C)cc(C)c1. The molecule has 4 amide bonds. The Kier molecular flexibility index (Phi) is 7.07. The zero-order chi connectivity index (χ0) is 26.0. The molecule has 9 heteroatoms. The number of hydrogen-bond donors (Lipinski definition) is 1. The monoisotopic (exact) mass is 508 g/mol. The van der Waals surface area contributed by atoms with Crippen molar-refractivity contribution < 1.29 is 28.2 Å². The predicted molar refractivity (Wildman–Crippen MR) is 134 cm³/mol. The topological polar surface area (TPSA) is 84.9 Å². The van der Waals surface area contributed by atoms with Gasteiger partial charge in [0, 0.05) is 0 Å². The van der Waals surface area contributed by atoms with Gasteiger partial charge in [0.25, 0.3) is 11.8 Å². The summed E-state index contributed by atoms with van der Waals surface area (Å²) in [5.41, 5.74) is 2.86. The molecule has 0 saturated carbocycles. The number of anilines is 1. The number of methoxy groups -OCH3 is 1. The fourth-order valence-corrected chi connectivity index (χ4v) is 4.22. The van der Waals surface area contributed by atoms with Crippen molar-refractivity contribution in [3.63, 3.8) is 0 Å². The number of carbonyl (C=O) groups is 3. The molecule has 7 nitrogen and oxygen atoms in total. The molecule has 1 aliphatic rings. The number of nitrogens with zero attached hydrogens (tertiary/aromatic N) is 1. The van der Waals surface area contributed by atoms with Gasteiger partial charge in [-0.15, -0.1) is 0 Å². The number of amides is 4. The van der Waals surface area contributed by atoms with E-state index in [-0.39, 0.29) is 28.6 Å². The zero-order valence-corrected chi connectivity index (χ0v) is 20.5. The van der Waals surface area contributed by atoms with Crippen LogP contribution in [0, 0.1) is 19.7 Å². The fourth-order valence-electron chi connectivity index (χ4n) is 3.95. The summed E-state index contributed by atoms with van der Waals surface area (Å²) in [4.78, 5) is 38.4. The van der Waals surface area contributed by atoms with E-state index >= 15 is 0 Å². The molecule has 3 aromatic carbocycles. The Morgan fingerprint density at radius 2 is 1.72 bits per heavy atom. The fraction of sp³-hybridized carbons (Fsp3) is 0.148. The van der Waals surface area contributed by atoms with Crippen LogP contribution in [0.15, 0.2) is 60.2 Å². The van der Waals surface area contributed by atoms with E-state index in [0.29, 0.717) is 16.2 Å². The minimum atomic E-state index is -1.04. The smallest absolute Gasteiger partial charge is 0.336 e. The Bertz CT molecular complexity index is 1400. The number of imide groups is 2. The number of rotatable bonds is 6. The summed E-state index contributed by atoms with van der Waals surface area (Å²) in [6.45, 7) is 4.24. The Labute approximate surface area is 212 Å². The number of nitrogens with one attached hydrogen (secondary N) is 1. The molecule has 0 aliphatic carbocycles. The molecule has 36 heavy (non-hydrogen) atoms. The number of benzene rings is 3. The van der Waals surface area contributed by atoms with E-state index in [1.807, 2.05) is 26.0 Å². The molecule has 0 spiro atoms. The van der Waals surface area contributed by atoms with Crippen LogP contribution in [0.5, 0.6) is 11.5 Å². The Morgan fingerprint density at radius 3 is 2.39 bits per heavy atom. The molecule has 184 valence electrons. The van der Waals surface area contributed by atoms with Gasteiger partial charge >= 0.3 is 6.03 Å². The summed E-state index contributed by atoms with van der Waals surface area (Å²) in [5.74, 6) is -2.10. The lowest BCUT2D eigenvalue weighted by Gasteiger charge is -2.26. The number of ether oxygens (including phenoxy) is 2. The number of hydrogen-bond acceptors (Lipinski definition) is 5. The maximum atomic E-state index is 14.3. The van der Waals surface area contributed by atoms with E-state index < -0.39 is 23.7 Å². The van der Waals surface area contributed by atoms with Gasteiger partial charge in [0.15, 0.2) is 11.5 Å². The van der Waals surface area contributed by atoms with Gasteiger partial charge in [-0.3, -0.25) is 14.9 Å². The second-order valence-electron chi connectivity index (χ2n) is 8.23. The largest absolute Gasteiger partial charge is 0.493 e. The van der Waals surface area contributed by atoms with Gasteiger partial charge in [-0.25, -0.2) is 14.1 Å². The third-order valence-electron chi connectivity index (χ3n) is 5.42. The maximum Gasteiger partial charge on any atom is 0.336 e. The number of para-hydroxylation sites is 1. The van der Waals surface area contributed by atoms with Crippen LogP contribution in [0.2, 0.25) is 5.02 Å². The minimum Gasteiger partial charge on any atom is -0.493 e. The van der Waals surface area contributed by atoms with Gasteiger partial charge in [0.05, 0.1) is 17.8 Å². The summed E-state index contributed by atoms with van der Waals surface area (Å²) >= 11 is 6.47. The minimum absolute atomic E-state index is 0.191. The molecular weight excluding hydrogens is 487 g/mol. The molecule has 4 rings (SSSR count). The van der Waals surface area contributed by atoms with Gasteiger partial charge in [-0.2, -0.15) is 0 Å². The van der Waals surface area contributed by atoms with Crippen molar-refractivity contribution in [2.45, 2.75) is 20.5 Å². The van der Waals surface area contributed by atoms with Crippen molar-refractivity contribution in [3.8, 4) is 11.5 Å². The quantitative estimate of drug-likeness (QED) is 0.358. The summed E-state index contributed by atoms with van der Waals surface area (Å²) in [6.07, 6.45) is 1.25. The number of carbonyl (C=O) groups excluding carboxylic acids is 3. The number of halogens is 2. The van der Waals surface area contributed by atoms with Gasteiger partial charge in [0.2, 0.25) is 0 Å². The summed E-state index contributed by atoms with van der Waals surface area (Å²) in [7, 11) is 1.43. The third-order valence-corrected chi connectivity index (χ3v) is 5.70. The first-order chi connectivity index (χ1) is 17.2. The number of aryl methyl sites for hydroxylation is 2. The molecule has 0 aromatic heterocycles. The number of urea groups is 1. The van der Waals surface area contributed by atoms with Gasteiger partial charge in [0.1, 0.15) is 18.0 Å². The standard InChI is InChI=1S/C27H22ClFN2O5/c1-15-8-16(2)10-18(9-15)14-36-24-20(28)12-17(13-23(24)35-3)11-19-25(32)30-27(34)31(26(19)33)22-7-5-4-6-21(22)29/h4-13H,14H2,1-3H3,(H,30,32,34)/b19-11-. The van der Waals surface area contributed by atoms with E-state index in [9.17, 15) is 18.8 Å². The molecule has 0 bridgehead atoms. The lowest BCUT2D eigenvalue weighted by atomic mass is 10.1. The van der Waals surface area contributed by atoms with Gasteiger partial charge in [-0.05, 0) is 55.3 Å². The number of barbiturate groups is 1. The average molecular weight is 509 g/mol. The van der Waals surface area contributed by atoms with Crippen LogP contribution in [0.25, 0.3) is 6.08 Å². The molecule has 1 fully saturated rings. The Morgan fingerprint density at radius 1 is 1.03 bits per heavy atom. The summed E-state index contributed by atoms with van der Waals surface area (Å²) in [6, 6.07) is 13.3. The van der Waals surface area contributed by atoms with Crippen molar-refractivity contribution in [2.75, 3.05) is 12.0 Å². The van der Waals surface area contributed by atoms with Gasteiger partial charge in [-0.1, -0.05) is 53.1 Å². The molecular formula is C27H22ClFN2O5. The first-order valence-corrected chi connectivity index (χ1v) is 11.3. The molecule has 0 unspecified atom stereocenters. The highest BCUT2D eigenvalue weighted by atomic mass is 35.5. The average Bonchev–Trinajstić information content (AvgIpc) is 2.81. The first kappa shape index (κ1) is 24.9. The van der Waals surface area contributed by atoms with Crippen LogP contribution in [0.3, 0.4) is 0 Å². The van der Waals surface area contributed by atoms with Crippen LogP contribution in [0.4, 0.5) is 14.9 Å². The van der Waals surface area contributed by atoms with Crippen molar-refractivity contribution in [1.29, 1.82) is 0 Å². The highest BCUT2D eigenvalue weighted by molar-refractivity contribution is 6.39. The Balaban J connectivity index is 1.65. The molecule has 1 aliphatic heterocycles. The third kappa shape index (κ3) is 5.08. The highest BCUT2D eigenvalue weighted by Crippen LogP contribution is 2.38. The zero-order valence-electron chi connectivity index (χ0n) is 19.7. The second-order valence-corrected chi connectivity index (χ2v) is 8.64.